The van der Waals surface area contributed by atoms with Gasteiger partial charge in [-0.05, 0) is 131 Å². The molecule has 16 rings (SSSR count). The third-order valence-corrected chi connectivity index (χ3v) is 16.7. The van der Waals surface area contributed by atoms with Crippen molar-refractivity contribution in [3.8, 4) is 22.5 Å². The summed E-state index contributed by atoms with van der Waals surface area (Å²) in [6.45, 7) is -0.0588. The minimum atomic E-state index is -0.0588. The number of anilines is 6. The van der Waals surface area contributed by atoms with Crippen molar-refractivity contribution in [2.24, 2.45) is 0 Å². The number of thiophene rings is 1. The predicted molar refractivity (Wildman–Crippen MR) is 307 cm³/mol. The van der Waals surface area contributed by atoms with Gasteiger partial charge in [-0.2, -0.15) is 0 Å². The first-order valence-electron chi connectivity index (χ1n) is 24.8. The van der Waals surface area contributed by atoms with Gasteiger partial charge in [0.2, 0.25) is 0 Å². The Bertz CT molecular complexity index is 4440. The molecule has 6 heteroatoms. The summed E-state index contributed by atoms with van der Waals surface area (Å²) in [6, 6.07) is 92.5. The number of nitrogens with zero attached hydrogens (tertiary/aromatic N) is 4. The lowest BCUT2D eigenvalue weighted by Gasteiger charge is -2.44. The minimum Gasteiger partial charge on any atom is -0.311 e. The molecule has 0 bridgehead atoms. The third-order valence-electron chi connectivity index (χ3n) is 15.5. The van der Waals surface area contributed by atoms with Gasteiger partial charge < -0.3 is 18.9 Å². The van der Waals surface area contributed by atoms with Gasteiger partial charge in [0.15, 0.2) is 0 Å². The summed E-state index contributed by atoms with van der Waals surface area (Å²) in [4.78, 5) is 5.08. The molecular weight excluding hydrogens is 892 g/mol. The zero-order valence-electron chi connectivity index (χ0n) is 38.9. The van der Waals surface area contributed by atoms with Gasteiger partial charge in [0.25, 0.3) is 6.71 Å². The van der Waals surface area contributed by atoms with Crippen LogP contribution in [0.5, 0.6) is 0 Å². The summed E-state index contributed by atoms with van der Waals surface area (Å²) < 4.78 is 7.48. The van der Waals surface area contributed by atoms with Crippen molar-refractivity contribution in [3.05, 3.63) is 249 Å². The van der Waals surface area contributed by atoms with Crippen LogP contribution >= 0.6 is 11.3 Å². The van der Waals surface area contributed by atoms with Gasteiger partial charge in [-0.25, -0.2) is 0 Å². The van der Waals surface area contributed by atoms with Crippen LogP contribution in [0.1, 0.15) is 0 Å². The van der Waals surface area contributed by atoms with E-state index in [1.54, 1.807) is 0 Å². The minimum absolute atomic E-state index is 0.0588. The highest BCUT2D eigenvalue weighted by molar-refractivity contribution is 7.26. The second kappa shape index (κ2) is 15.2. The average Bonchev–Trinajstić information content (AvgIpc) is 4.11. The van der Waals surface area contributed by atoms with Crippen LogP contribution in [-0.4, -0.2) is 15.8 Å². The fourth-order valence-electron chi connectivity index (χ4n) is 12.5. The topological polar surface area (TPSA) is 16.3 Å². The lowest BCUT2D eigenvalue weighted by molar-refractivity contribution is 1.17. The first-order chi connectivity index (χ1) is 35.7. The molecule has 5 heterocycles. The van der Waals surface area contributed by atoms with Crippen LogP contribution in [0.4, 0.5) is 34.1 Å². The third kappa shape index (κ3) is 5.58. The Hall–Kier alpha value is -9.10. The quantitative estimate of drug-likeness (QED) is 0.160. The smallest absolute Gasteiger partial charge is 0.252 e. The van der Waals surface area contributed by atoms with Gasteiger partial charge in [0.05, 0.1) is 22.1 Å². The second-order valence-electron chi connectivity index (χ2n) is 19.2. The molecule has 14 aromatic rings. The number of aromatic nitrogens is 2. The fourth-order valence-corrected chi connectivity index (χ4v) is 13.7. The maximum atomic E-state index is 2.56. The van der Waals surface area contributed by atoms with Gasteiger partial charge in [-0.1, -0.05) is 146 Å². The van der Waals surface area contributed by atoms with Crippen LogP contribution in [0.25, 0.3) is 86.3 Å². The second-order valence-corrected chi connectivity index (χ2v) is 20.3. The van der Waals surface area contributed by atoms with E-state index in [0.29, 0.717) is 0 Å². The van der Waals surface area contributed by atoms with E-state index < -0.39 is 0 Å². The summed E-state index contributed by atoms with van der Waals surface area (Å²) >= 11 is 1.89. The molecule has 2 aliphatic rings. The summed E-state index contributed by atoms with van der Waals surface area (Å²) in [5, 5.41) is 7.62. The zero-order valence-corrected chi connectivity index (χ0v) is 39.8. The molecule has 0 aliphatic carbocycles. The van der Waals surface area contributed by atoms with Crippen molar-refractivity contribution in [1.82, 2.24) is 9.13 Å². The molecule has 0 radical (unpaired) electrons. The molecule has 4 nitrogen and oxygen atoms in total. The normalized spacial score (nSPS) is 12.9. The Kier molecular flexibility index (Phi) is 8.39. The van der Waals surface area contributed by atoms with Crippen molar-refractivity contribution in [2.45, 2.75) is 0 Å². The largest absolute Gasteiger partial charge is 0.311 e. The molecule has 72 heavy (non-hydrogen) atoms. The highest BCUT2D eigenvalue weighted by Crippen LogP contribution is 2.49. The van der Waals surface area contributed by atoms with Crippen molar-refractivity contribution >= 4 is 132 Å². The Morgan fingerprint density at radius 3 is 1.42 bits per heavy atom. The molecule has 0 saturated heterocycles. The average molecular weight is 933 g/mol. The van der Waals surface area contributed by atoms with Crippen molar-refractivity contribution in [3.63, 3.8) is 0 Å². The van der Waals surface area contributed by atoms with E-state index in [2.05, 4.69) is 268 Å². The Morgan fingerprint density at radius 1 is 0.306 bits per heavy atom. The molecule has 3 aromatic heterocycles. The van der Waals surface area contributed by atoms with Crippen LogP contribution in [0.3, 0.4) is 0 Å². The van der Waals surface area contributed by atoms with Gasteiger partial charge in [-0.15, -0.1) is 11.3 Å². The van der Waals surface area contributed by atoms with Crippen molar-refractivity contribution in [2.75, 3.05) is 9.80 Å². The number of hydrogen-bond acceptors (Lipinski definition) is 3. The number of fused-ring (bicyclic) bond motifs is 13. The molecule has 0 spiro atoms. The maximum absolute atomic E-state index is 2.56. The molecule has 0 amide bonds. The molecular formula is C66H41BN4S. The van der Waals surface area contributed by atoms with Gasteiger partial charge in [0, 0.05) is 87.2 Å². The highest BCUT2D eigenvalue weighted by Gasteiger charge is 2.44. The van der Waals surface area contributed by atoms with E-state index in [-0.39, 0.29) is 6.71 Å². The van der Waals surface area contributed by atoms with Crippen molar-refractivity contribution in [1.29, 1.82) is 0 Å². The Morgan fingerprint density at radius 2 is 0.778 bits per heavy atom. The van der Waals surface area contributed by atoms with E-state index in [1.165, 1.54) is 114 Å². The standard InChI is InChI=1S/C66H41BN4S/c1-2-17-43(18-3-1)69-60-31-14-9-26-54(60)67-55-41-46(71-58-29-12-6-21-50(58)51-22-7-13-30-59(51)71)37-38-61(55)70(45-35-33-44(34-36-45)68-56-27-10-4-19-48(56)49-20-5-11-28-57(49)68)63-40-42(39-62(69)65(63)67)47-24-16-25-53-52-23-8-15-32-64(52)72-66(47)53/h1-41H. The molecule has 0 saturated carbocycles. The van der Waals surface area contributed by atoms with Gasteiger partial charge in [-0.3, -0.25) is 0 Å². The van der Waals surface area contributed by atoms with Crippen molar-refractivity contribution < 1.29 is 0 Å². The van der Waals surface area contributed by atoms with E-state index in [9.17, 15) is 0 Å². The number of benzene rings is 11. The van der Waals surface area contributed by atoms with Crippen LogP contribution < -0.4 is 26.2 Å². The highest BCUT2D eigenvalue weighted by atomic mass is 32.1. The van der Waals surface area contributed by atoms with E-state index in [4.69, 9.17) is 0 Å². The number of para-hydroxylation sites is 6. The van der Waals surface area contributed by atoms with E-state index in [1.807, 2.05) is 11.3 Å². The molecule has 11 aromatic carbocycles. The SMILES string of the molecule is c1ccc(N2c3ccccc3B3c4cc(-n5c6ccccc6c6ccccc65)ccc4N(c4ccc(-n5c6ccccc6c6ccccc65)cc4)c4cc(-c5cccc6c5sc5ccccc56)cc2c43)cc1. The summed E-state index contributed by atoms with van der Waals surface area (Å²) in [5.74, 6) is 0. The Labute approximate surface area is 420 Å². The number of hydrogen-bond donors (Lipinski definition) is 0. The van der Waals surface area contributed by atoms with Crippen LogP contribution in [-0.2, 0) is 0 Å². The summed E-state index contributed by atoms with van der Waals surface area (Å²) in [7, 11) is 0. The monoisotopic (exact) mass is 932 g/mol. The number of rotatable bonds is 5. The maximum Gasteiger partial charge on any atom is 0.252 e. The van der Waals surface area contributed by atoms with Crippen LogP contribution in [0, 0.1) is 0 Å². The van der Waals surface area contributed by atoms with Gasteiger partial charge in [0.1, 0.15) is 0 Å². The Balaban J connectivity index is 0.994. The molecule has 2 aliphatic heterocycles. The van der Waals surface area contributed by atoms with Gasteiger partial charge >= 0.3 is 0 Å². The lowest BCUT2D eigenvalue weighted by atomic mass is 9.33. The van der Waals surface area contributed by atoms with E-state index in [0.717, 1.165) is 22.7 Å². The summed E-state index contributed by atoms with van der Waals surface area (Å²) in [5.41, 5.74) is 20.4. The fraction of sp³-hybridized carbons (Fsp3) is 0. The molecule has 334 valence electrons. The lowest BCUT2D eigenvalue weighted by Crippen LogP contribution is -2.61. The van der Waals surface area contributed by atoms with Crippen LogP contribution in [0.2, 0.25) is 0 Å². The predicted octanol–water partition coefficient (Wildman–Crippen LogP) is 16.0. The first kappa shape index (κ1) is 39.7. The molecule has 0 fully saturated rings. The molecule has 0 N–H and O–H groups in total. The first-order valence-corrected chi connectivity index (χ1v) is 25.6. The zero-order chi connectivity index (χ0) is 47.0. The molecule has 0 atom stereocenters. The summed E-state index contributed by atoms with van der Waals surface area (Å²) in [6.07, 6.45) is 0. The van der Waals surface area contributed by atoms with Crippen LogP contribution in [0.15, 0.2) is 249 Å². The van der Waals surface area contributed by atoms with E-state index >= 15 is 0 Å². The molecule has 0 unspecified atom stereocenters.